The molecule has 0 spiro atoms. The fourth-order valence-corrected chi connectivity index (χ4v) is 3.02. The molecule has 0 saturated carbocycles. The first-order chi connectivity index (χ1) is 9.61. The normalized spacial score (nSPS) is 12.6. The molecule has 2 aromatic rings. The first-order valence-electron chi connectivity index (χ1n) is 6.82. The van der Waals surface area contributed by atoms with Crippen LogP contribution in [0.5, 0.6) is 0 Å². The lowest BCUT2D eigenvalue weighted by molar-refractivity contribution is 0.552. The summed E-state index contributed by atoms with van der Waals surface area (Å²) in [6, 6.07) is 3.64. The number of aryl methyl sites for hydroxylation is 1. The van der Waals surface area contributed by atoms with Crippen LogP contribution >= 0.6 is 11.8 Å². The minimum absolute atomic E-state index is 0.113. The number of hydrogen-bond donors (Lipinski definition) is 2. The zero-order valence-corrected chi connectivity index (χ0v) is 12.9. The third kappa shape index (κ3) is 3.61. The molecule has 5 heteroatoms. The highest BCUT2D eigenvalue weighted by molar-refractivity contribution is 7.99. The van der Waals surface area contributed by atoms with E-state index in [0.29, 0.717) is 5.56 Å². The van der Waals surface area contributed by atoms with Crippen LogP contribution in [0.4, 0.5) is 4.39 Å². The van der Waals surface area contributed by atoms with E-state index in [0.717, 1.165) is 28.6 Å². The second-order valence-corrected chi connectivity index (χ2v) is 5.84. The van der Waals surface area contributed by atoms with Crippen molar-refractivity contribution in [2.75, 3.05) is 6.54 Å². The molecule has 1 atom stereocenters. The molecule has 0 saturated heterocycles. The van der Waals surface area contributed by atoms with E-state index in [4.69, 9.17) is 0 Å². The summed E-state index contributed by atoms with van der Waals surface area (Å²) in [6.45, 7) is 6.89. The maximum absolute atomic E-state index is 13.9. The van der Waals surface area contributed by atoms with Crippen molar-refractivity contribution >= 4 is 11.8 Å². The molecule has 3 nitrogen and oxygen atoms in total. The van der Waals surface area contributed by atoms with Crippen LogP contribution in [0.3, 0.4) is 0 Å². The second kappa shape index (κ2) is 6.90. The Kier molecular flexibility index (Phi) is 5.20. The lowest BCUT2D eigenvalue weighted by Crippen LogP contribution is -2.20. The Bertz CT molecular complexity index is 554. The number of rotatable bonds is 6. The van der Waals surface area contributed by atoms with Gasteiger partial charge in [0.15, 0.2) is 5.16 Å². The minimum Gasteiger partial charge on any atom is -0.339 e. The molecule has 1 aromatic carbocycles. The number of hydrogen-bond acceptors (Lipinski definition) is 3. The van der Waals surface area contributed by atoms with E-state index in [2.05, 4.69) is 29.1 Å². The monoisotopic (exact) mass is 293 g/mol. The summed E-state index contributed by atoms with van der Waals surface area (Å²) in [5.74, 6) is -0.158. The van der Waals surface area contributed by atoms with Crippen molar-refractivity contribution in [2.45, 2.75) is 43.3 Å². The van der Waals surface area contributed by atoms with E-state index in [1.165, 1.54) is 11.8 Å². The van der Waals surface area contributed by atoms with Gasteiger partial charge in [-0.05, 0) is 50.1 Å². The molecule has 20 heavy (non-hydrogen) atoms. The zero-order valence-electron chi connectivity index (χ0n) is 12.0. The predicted molar refractivity (Wildman–Crippen MR) is 80.6 cm³/mol. The molecule has 0 amide bonds. The van der Waals surface area contributed by atoms with Crippen LogP contribution < -0.4 is 5.32 Å². The highest BCUT2D eigenvalue weighted by Gasteiger charge is 2.15. The fourth-order valence-electron chi connectivity index (χ4n) is 1.98. The number of benzene rings is 1. The Hall–Kier alpha value is -1.33. The van der Waals surface area contributed by atoms with Gasteiger partial charge < -0.3 is 10.3 Å². The number of imidazole rings is 1. The van der Waals surface area contributed by atoms with Gasteiger partial charge in [0.25, 0.3) is 0 Å². The molecule has 0 fully saturated rings. The number of nitrogens with one attached hydrogen (secondary N) is 2. The van der Waals surface area contributed by atoms with Crippen molar-refractivity contribution in [1.82, 2.24) is 15.3 Å². The maximum Gasteiger partial charge on any atom is 0.170 e. The fraction of sp³-hybridized carbons (Fsp3) is 0.400. The predicted octanol–water partition coefficient (Wildman–Crippen LogP) is 4.07. The van der Waals surface area contributed by atoms with Crippen molar-refractivity contribution in [1.29, 1.82) is 0 Å². The molecule has 1 unspecified atom stereocenters. The third-order valence-electron chi connectivity index (χ3n) is 3.14. The van der Waals surface area contributed by atoms with Crippen LogP contribution in [0.15, 0.2) is 34.6 Å². The first-order valence-corrected chi connectivity index (χ1v) is 7.64. The van der Waals surface area contributed by atoms with Gasteiger partial charge in [-0.15, -0.1) is 0 Å². The smallest absolute Gasteiger partial charge is 0.170 e. The second-order valence-electron chi connectivity index (χ2n) is 4.81. The molecule has 108 valence electrons. The van der Waals surface area contributed by atoms with Crippen LogP contribution in [0, 0.1) is 12.7 Å². The molecule has 0 bridgehead atoms. The molecule has 0 aliphatic carbocycles. The summed E-state index contributed by atoms with van der Waals surface area (Å²) in [5.41, 5.74) is 1.63. The van der Waals surface area contributed by atoms with Gasteiger partial charge in [0.1, 0.15) is 5.82 Å². The van der Waals surface area contributed by atoms with Gasteiger partial charge in [-0.25, -0.2) is 9.37 Å². The molecular weight excluding hydrogens is 273 g/mol. The molecular formula is C15H20FN3S. The van der Waals surface area contributed by atoms with Crippen molar-refractivity contribution in [3.8, 4) is 0 Å². The van der Waals surface area contributed by atoms with E-state index >= 15 is 0 Å². The molecule has 0 aliphatic rings. The number of nitrogens with zero attached hydrogens (tertiary/aromatic N) is 1. The molecule has 1 aromatic heterocycles. The summed E-state index contributed by atoms with van der Waals surface area (Å²) in [4.78, 5) is 8.32. The molecule has 1 heterocycles. The van der Waals surface area contributed by atoms with Gasteiger partial charge in [-0.3, -0.25) is 0 Å². The van der Waals surface area contributed by atoms with Crippen molar-refractivity contribution in [2.24, 2.45) is 0 Å². The van der Waals surface area contributed by atoms with Crippen molar-refractivity contribution in [3.05, 3.63) is 41.5 Å². The SMILES string of the molecule is CCCNC(C)c1cc(F)c(C)cc1Sc1ncc[nH]1. The lowest BCUT2D eigenvalue weighted by atomic mass is 10.1. The first kappa shape index (κ1) is 15.1. The zero-order chi connectivity index (χ0) is 14.5. The summed E-state index contributed by atoms with van der Waals surface area (Å²) in [5, 5.41) is 4.22. The van der Waals surface area contributed by atoms with E-state index in [-0.39, 0.29) is 11.9 Å². The summed E-state index contributed by atoms with van der Waals surface area (Å²) in [6.07, 6.45) is 4.56. The van der Waals surface area contributed by atoms with Gasteiger partial charge in [-0.2, -0.15) is 0 Å². The summed E-state index contributed by atoms with van der Waals surface area (Å²) >= 11 is 1.53. The van der Waals surface area contributed by atoms with E-state index in [9.17, 15) is 4.39 Å². The van der Waals surface area contributed by atoms with Gasteiger partial charge in [-0.1, -0.05) is 18.7 Å². The van der Waals surface area contributed by atoms with Gasteiger partial charge in [0, 0.05) is 23.3 Å². The van der Waals surface area contributed by atoms with Crippen LogP contribution in [-0.2, 0) is 0 Å². The molecule has 0 radical (unpaired) electrons. The minimum atomic E-state index is -0.158. The highest BCUT2D eigenvalue weighted by atomic mass is 32.2. The summed E-state index contributed by atoms with van der Waals surface area (Å²) < 4.78 is 13.9. The molecule has 2 rings (SSSR count). The van der Waals surface area contributed by atoms with Crippen LogP contribution in [-0.4, -0.2) is 16.5 Å². The Morgan fingerprint density at radius 3 is 2.90 bits per heavy atom. The van der Waals surface area contributed by atoms with E-state index in [1.54, 1.807) is 25.4 Å². The van der Waals surface area contributed by atoms with Crippen molar-refractivity contribution < 1.29 is 4.39 Å². The molecule has 2 N–H and O–H groups in total. The Morgan fingerprint density at radius 1 is 1.45 bits per heavy atom. The topological polar surface area (TPSA) is 40.7 Å². The van der Waals surface area contributed by atoms with Gasteiger partial charge in [0.2, 0.25) is 0 Å². The average Bonchev–Trinajstić information content (AvgIpc) is 2.92. The lowest BCUT2D eigenvalue weighted by Gasteiger charge is -2.18. The van der Waals surface area contributed by atoms with Gasteiger partial charge >= 0.3 is 0 Å². The largest absolute Gasteiger partial charge is 0.339 e. The standard InChI is InChI=1S/C15H20FN3S/c1-4-5-17-11(3)12-9-13(16)10(2)8-14(12)20-15-18-6-7-19-15/h6-9,11,17H,4-5H2,1-3H3,(H,18,19). The number of H-pyrrole nitrogens is 1. The molecule has 0 aliphatic heterocycles. The average molecular weight is 293 g/mol. The van der Waals surface area contributed by atoms with Crippen LogP contribution in [0.25, 0.3) is 0 Å². The Balaban J connectivity index is 2.30. The summed E-state index contributed by atoms with van der Waals surface area (Å²) in [7, 11) is 0. The number of aromatic nitrogens is 2. The van der Waals surface area contributed by atoms with E-state index < -0.39 is 0 Å². The van der Waals surface area contributed by atoms with Crippen molar-refractivity contribution in [3.63, 3.8) is 0 Å². The van der Waals surface area contributed by atoms with Crippen LogP contribution in [0.2, 0.25) is 0 Å². The quantitative estimate of drug-likeness (QED) is 0.843. The van der Waals surface area contributed by atoms with E-state index in [1.807, 2.05) is 6.07 Å². The number of aromatic amines is 1. The van der Waals surface area contributed by atoms with Crippen LogP contribution in [0.1, 0.15) is 37.4 Å². The Morgan fingerprint density at radius 2 is 2.25 bits per heavy atom. The third-order valence-corrected chi connectivity index (χ3v) is 4.13. The maximum atomic E-state index is 13.9. The van der Waals surface area contributed by atoms with Gasteiger partial charge in [0.05, 0.1) is 0 Å². The number of halogens is 1. The highest BCUT2D eigenvalue weighted by Crippen LogP contribution is 2.33. The Labute approximate surface area is 123 Å².